The predicted octanol–water partition coefficient (Wildman–Crippen LogP) is 2.20. The zero-order chi connectivity index (χ0) is 8.39. The summed E-state index contributed by atoms with van der Waals surface area (Å²) in [6.07, 6.45) is 7.20. The summed E-state index contributed by atoms with van der Waals surface area (Å²) in [5, 5.41) is 0.743. The van der Waals surface area contributed by atoms with Gasteiger partial charge in [0, 0.05) is 18.2 Å². The Hall–Kier alpha value is -0.180. The van der Waals surface area contributed by atoms with Gasteiger partial charge in [-0.2, -0.15) is 0 Å². The summed E-state index contributed by atoms with van der Waals surface area (Å²) < 4.78 is 1.98. The molecule has 1 aliphatic heterocycles. The maximum absolute atomic E-state index is 11.3. The average Bonchev–Trinajstić information content (AvgIpc) is 2.65. The third-order valence-corrected chi connectivity index (χ3v) is 4.02. The number of hydrogen-bond acceptors (Lipinski definition) is 2. The highest BCUT2D eigenvalue weighted by molar-refractivity contribution is 7.98. The Morgan fingerprint density at radius 1 is 1.25 bits per heavy atom. The first-order valence-corrected chi connectivity index (χ1v) is 5.67. The van der Waals surface area contributed by atoms with E-state index in [4.69, 9.17) is 0 Å². The summed E-state index contributed by atoms with van der Waals surface area (Å²) >= 11 is 1.81. The summed E-state index contributed by atoms with van der Waals surface area (Å²) in [6.45, 7) is 0.986. The molecular formula is C9H15NOS. The van der Waals surface area contributed by atoms with Crippen LogP contribution in [0.25, 0.3) is 0 Å². The van der Waals surface area contributed by atoms with E-state index in [1.807, 2.05) is 4.31 Å². The molecule has 0 atom stereocenters. The van der Waals surface area contributed by atoms with Crippen LogP contribution in [-0.4, -0.2) is 22.0 Å². The van der Waals surface area contributed by atoms with Crippen molar-refractivity contribution in [2.24, 2.45) is 0 Å². The quantitative estimate of drug-likeness (QED) is 0.615. The fourth-order valence-corrected chi connectivity index (χ4v) is 3.26. The second-order valence-corrected chi connectivity index (χ2v) is 4.93. The van der Waals surface area contributed by atoms with E-state index in [2.05, 4.69) is 0 Å². The number of hydrogen-bond donors (Lipinski definition) is 0. The Morgan fingerprint density at radius 3 is 2.58 bits per heavy atom. The number of carbonyl (C=O) groups is 1. The largest absolute Gasteiger partial charge is 0.286 e. The lowest BCUT2D eigenvalue weighted by molar-refractivity contribution is -0.123. The molecule has 3 heteroatoms. The molecule has 0 N–H and O–H groups in total. The predicted molar refractivity (Wildman–Crippen MR) is 50.8 cm³/mol. The van der Waals surface area contributed by atoms with Crippen molar-refractivity contribution in [1.82, 2.24) is 4.31 Å². The standard InChI is InChI=1S/C9H15NOS/c11-9-6-3-7-10(9)12-8-4-1-2-5-8/h8H,1-7H2. The zero-order valence-corrected chi connectivity index (χ0v) is 8.11. The molecule has 1 amide bonds. The van der Waals surface area contributed by atoms with Crippen LogP contribution >= 0.6 is 11.9 Å². The zero-order valence-electron chi connectivity index (χ0n) is 7.29. The van der Waals surface area contributed by atoms with Gasteiger partial charge in [-0.25, -0.2) is 0 Å². The van der Waals surface area contributed by atoms with Crippen LogP contribution in [0.15, 0.2) is 0 Å². The molecule has 1 heterocycles. The van der Waals surface area contributed by atoms with Crippen LogP contribution < -0.4 is 0 Å². The molecule has 1 aliphatic carbocycles. The van der Waals surface area contributed by atoms with Gasteiger partial charge in [0.1, 0.15) is 0 Å². The van der Waals surface area contributed by atoms with Crippen molar-refractivity contribution in [3.8, 4) is 0 Å². The molecule has 0 bridgehead atoms. The van der Waals surface area contributed by atoms with Crippen LogP contribution in [0.1, 0.15) is 38.5 Å². The first-order chi connectivity index (χ1) is 5.86. The molecule has 2 rings (SSSR count). The van der Waals surface area contributed by atoms with Crippen LogP contribution in [0.4, 0.5) is 0 Å². The molecule has 0 aromatic carbocycles. The van der Waals surface area contributed by atoms with E-state index in [9.17, 15) is 4.79 Å². The van der Waals surface area contributed by atoms with Gasteiger partial charge in [-0.1, -0.05) is 12.8 Å². The van der Waals surface area contributed by atoms with Gasteiger partial charge in [-0.3, -0.25) is 9.10 Å². The molecule has 1 saturated heterocycles. The molecule has 2 nitrogen and oxygen atoms in total. The van der Waals surface area contributed by atoms with Gasteiger partial charge in [0.15, 0.2) is 0 Å². The third kappa shape index (κ3) is 1.76. The Balaban J connectivity index is 1.81. The van der Waals surface area contributed by atoms with Crippen molar-refractivity contribution in [1.29, 1.82) is 0 Å². The maximum Gasteiger partial charge on any atom is 0.232 e. The minimum atomic E-state index is 0.354. The molecule has 12 heavy (non-hydrogen) atoms. The minimum absolute atomic E-state index is 0.354. The van der Waals surface area contributed by atoms with E-state index in [1.165, 1.54) is 25.7 Å². The molecule has 0 aromatic heterocycles. The van der Waals surface area contributed by atoms with Crippen molar-refractivity contribution in [3.05, 3.63) is 0 Å². The monoisotopic (exact) mass is 185 g/mol. The lowest BCUT2D eigenvalue weighted by Gasteiger charge is -2.18. The third-order valence-electron chi connectivity index (χ3n) is 2.61. The van der Waals surface area contributed by atoms with Gasteiger partial charge in [0.25, 0.3) is 0 Å². The van der Waals surface area contributed by atoms with Gasteiger partial charge < -0.3 is 0 Å². The lowest BCUT2D eigenvalue weighted by atomic mass is 10.4. The van der Waals surface area contributed by atoms with Crippen molar-refractivity contribution >= 4 is 17.9 Å². The topological polar surface area (TPSA) is 20.3 Å². The number of carbonyl (C=O) groups excluding carboxylic acids is 1. The SMILES string of the molecule is O=C1CCCN1SC1CCCC1. The highest BCUT2D eigenvalue weighted by atomic mass is 32.2. The van der Waals surface area contributed by atoms with Crippen LogP contribution in [0.5, 0.6) is 0 Å². The molecule has 1 saturated carbocycles. The summed E-state index contributed by atoms with van der Waals surface area (Å²) in [5.74, 6) is 0.354. The highest BCUT2D eigenvalue weighted by Crippen LogP contribution is 2.33. The van der Waals surface area contributed by atoms with Gasteiger partial charge in [0.05, 0.1) is 0 Å². The molecule has 2 aliphatic rings. The lowest BCUT2D eigenvalue weighted by Crippen LogP contribution is -2.19. The van der Waals surface area contributed by atoms with E-state index in [1.54, 1.807) is 11.9 Å². The number of rotatable bonds is 2. The summed E-state index contributed by atoms with van der Waals surface area (Å²) in [7, 11) is 0. The van der Waals surface area contributed by atoms with E-state index < -0.39 is 0 Å². The van der Waals surface area contributed by atoms with Gasteiger partial charge in [-0.05, 0) is 31.2 Å². The summed E-state index contributed by atoms with van der Waals surface area (Å²) in [5.41, 5.74) is 0. The van der Waals surface area contributed by atoms with Crippen LogP contribution in [0.2, 0.25) is 0 Å². The summed E-state index contributed by atoms with van der Waals surface area (Å²) in [6, 6.07) is 0. The van der Waals surface area contributed by atoms with Crippen molar-refractivity contribution in [2.45, 2.75) is 43.8 Å². The van der Waals surface area contributed by atoms with Gasteiger partial charge in [-0.15, -0.1) is 0 Å². The Bertz CT molecular complexity index is 177. The normalized spacial score (nSPS) is 25.7. The van der Waals surface area contributed by atoms with Crippen molar-refractivity contribution < 1.29 is 4.79 Å². The molecular weight excluding hydrogens is 170 g/mol. The maximum atomic E-state index is 11.3. The molecule has 0 aromatic rings. The van der Waals surface area contributed by atoms with Crippen LogP contribution in [0.3, 0.4) is 0 Å². The fraction of sp³-hybridized carbons (Fsp3) is 0.889. The Morgan fingerprint density at radius 2 is 2.00 bits per heavy atom. The number of nitrogens with zero attached hydrogens (tertiary/aromatic N) is 1. The van der Waals surface area contributed by atoms with E-state index >= 15 is 0 Å². The average molecular weight is 185 g/mol. The summed E-state index contributed by atoms with van der Waals surface area (Å²) in [4.78, 5) is 11.3. The molecule has 0 spiro atoms. The molecule has 0 radical (unpaired) electrons. The van der Waals surface area contributed by atoms with E-state index in [0.717, 1.165) is 24.6 Å². The Labute approximate surface area is 77.8 Å². The second-order valence-electron chi connectivity index (χ2n) is 3.61. The van der Waals surface area contributed by atoms with Crippen LogP contribution in [0, 0.1) is 0 Å². The first kappa shape index (κ1) is 8.42. The number of amides is 1. The van der Waals surface area contributed by atoms with Gasteiger partial charge in [0.2, 0.25) is 5.91 Å². The minimum Gasteiger partial charge on any atom is -0.286 e. The van der Waals surface area contributed by atoms with Crippen molar-refractivity contribution in [3.63, 3.8) is 0 Å². The molecule has 68 valence electrons. The van der Waals surface area contributed by atoms with E-state index in [-0.39, 0.29) is 0 Å². The molecule has 0 unspecified atom stereocenters. The molecule has 2 fully saturated rings. The Kier molecular flexibility index (Phi) is 2.59. The van der Waals surface area contributed by atoms with Crippen LogP contribution in [-0.2, 0) is 4.79 Å². The van der Waals surface area contributed by atoms with E-state index in [0.29, 0.717) is 5.91 Å². The smallest absolute Gasteiger partial charge is 0.232 e. The fourth-order valence-electron chi connectivity index (χ4n) is 1.91. The second kappa shape index (κ2) is 3.69. The highest BCUT2D eigenvalue weighted by Gasteiger charge is 2.25. The first-order valence-electron chi connectivity index (χ1n) is 4.83. The van der Waals surface area contributed by atoms with Gasteiger partial charge >= 0.3 is 0 Å². The van der Waals surface area contributed by atoms with Crippen molar-refractivity contribution in [2.75, 3.05) is 6.54 Å².